The standard InChI is InChI=1S/C13H13NO4S/c1-2-4-7-9(12(15)16)11(8-5-3-6-19-8)14-10(7)13(17)18/h3,5-6,14H,2,4H2,1H3,(H,15,16)(H,17,18). The van der Waals surface area contributed by atoms with Gasteiger partial charge in [0.1, 0.15) is 5.69 Å². The molecule has 0 aliphatic carbocycles. The Morgan fingerprint density at radius 1 is 1.32 bits per heavy atom. The summed E-state index contributed by atoms with van der Waals surface area (Å²) in [6.07, 6.45) is 1.10. The van der Waals surface area contributed by atoms with Gasteiger partial charge >= 0.3 is 11.9 Å². The highest BCUT2D eigenvalue weighted by molar-refractivity contribution is 7.13. The molecule has 0 bridgehead atoms. The number of carboxylic acid groups (broad SMARTS) is 2. The monoisotopic (exact) mass is 279 g/mol. The summed E-state index contributed by atoms with van der Waals surface area (Å²) >= 11 is 1.37. The number of aromatic amines is 1. The molecule has 0 spiro atoms. The zero-order chi connectivity index (χ0) is 14.0. The molecule has 0 aromatic carbocycles. The lowest BCUT2D eigenvalue weighted by molar-refractivity contribution is 0.0688. The summed E-state index contributed by atoms with van der Waals surface area (Å²) in [7, 11) is 0. The first-order valence-electron chi connectivity index (χ1n) is 5.81. The fourth-order valence-electron chi connectivity index (χ4n) is 2.06. The van der Waals surface area contributed by atoms with Crippen LogP contribution in [0.25, 0.3) is 10.6 Å². The van der Waals surface area contributed by atoms with E-state index in [0.717, 1.165) is 4.88 Å². The third-order valence-corrected chi connectivity index (χ3v) is 3.69. The molecule has 0 radical (unpaired) electrons. The number of aromatic carboxylic acids is 2. The van der Waals surface area contributed by atoms with Crippen molar-refractivity contribution in [2.45, 2.75) is 19.8 Å². The van der Waals surface area contributed by atoms with Crippen molar-refractivity contribution >= 4 is 23.3 Å². The van der Waals surface area contributed by atoms with Crippen LogP contribution in [-0.4, -0.2) is 27.1 Å². The normalized spacial score (nSPS) is 10.6. The van der Waals surface area contributed by atoms with Crippen molar-refractivity contribution < 1.29 is 19.8 Å². The molecule has 2 aromatic heterocycles. The lowest BCUT2D eigenvalue weighted by atomic mass is 10.0. The van der Waals surface area contributed by atoms with Crippen LogP contribution in [0.4, 0.5) is 0 Å². The van der Waals surface area contributed by atoms with Crippen LogP contribution >= 0.6 is 11.3 Å². The van der Waals surface area contributed by atoms with Crippen molar-refractivity contribution in [1.29, 1.82) is 0 Å². The lowest BCUT2D eigenvalue weighted by Gasteiger charge is -2.01. The van der Waals surface area contributed by atoms with Gasteiger partial charge in [0.25, 0.3) is 0 Å². The molecular weight excluding hydrogens is 266 g/mol. The molecule has 0 unspecified atom stereocenters. The molecular formula is C13H13NO4S. The smallest absolute Gasteiger partial charge is 0.352 e. The number of aromatic nitrogens is 1. The Hall–Kier alpha value is -2.08. The van der Waals surface area contributed by atoms with E-state index in [-0.39, 0.29) is 11.3 Å². The van der Waals surface area contributed by atoms with Crippen LogP contribution in [0.1, 0.15) is 39.8 Å². The van der Waals surface area contributed by atoms with Crippen molar-refractivity contribution in [2.75, 3.05) is 0 Å². The van der Waals surface area contributed by atoms with Gasteiger partial charge in [-0.3, -0.25) is 0 Å². The lowest BCUT2D eigenvalue weighted by Crippen LogP contribution is -2.05. The largest absolute Gasteiger partial charge is 0.478 e. The van der Waals surface area contributed by atoms with Crippen molar-refractivity contribution in [3.8, 4) is 10.6 Å². The summed E-state index contributed by atoms with van der Waals surface area (Å²) in [6, 6.07) is 3.57. The van der Waals surface area contributed by atoms with Gasteiger partial charge in [-0.2, -0.15) is 0 Å². The predicted molar refractivity (Wildman–Crippen MR) is 72.0 cm³/mol. The first kappa shape index (κ1) is 13.4. The average Bonchev–Trinajstić information content (AvgIpc) is 2.94. The van der Waals surface area contributed by atoms with Crippen molar-refractivity contribution in [2.24, 2.45) is 0 Å². The summed E-state index contributed by atoms with van der Waals surface area (Å²) < 4.78 is 0. The number of hydrogen-bond acceptors (Lipinski definition) is 3. The highest BCUT2D eigenvalue weighted by Crippen LogP contribution is 2.32. The molecule has 6 heteroatoms. The van der Waals surface area contributed by atoms with Crippen LogP contribution in [0.3, 0.4) is 0 Å². The van der Waals surface area contributed by atoms with E-state index in [2.05, 4.69) is 4.98 Å². The number of carboxylic acids is 2. The first-order chi connectivity index (χ1) is 9.06. The quantitative estimate of drug-likeness (QED) is 0.784. The van der Waals surface area contributed by atoms with Gasteiger partial charge in [0.05, 0.1) is 16.1 Å². The Morgan fingerprint density at radius 2 is 2.05 bits per heavy atom. The van der Waals surface area contributed by atoms with E-state index in [0.29, 0.717) is 24.1 Å². The molecule has 2 aromatic rings. The summed E-state index contributed by atoms with van der Waals surface area (Å²) in [5.41, 5.74) is 0.790. The number of carbonyl (C=O) groups is 2. The molecule has 3 N–H and O–H groups in total. The van der Waals surface area contributed by atoms with Crippen LogP contribution in [0.5, 0.6) is 0 Å². The summed E-state index contributed by atoms with van der Waals surface area (Å²) in [5, 5.41) is 20.4. The SMILES string of the molecule is CCCc1c(C(=O)O)[nH]c(-c2cccs2)c1C(=O)O. The zero-order valence-electron chi connectivity index (χ0n) is 10.3. The fraction of sp³-hybridized carbons (Fsp3) is 0.231. The van der Waals surface area contributed by atoms with E-state index in [9.17, 15) is 19.8 Å². The number of rotatable bonds is 5. The van der Waals surface area contributed by atoms with E-state index in [1.165, 1.54) is 11.3 Å². The summed E-state index contributed by atoms with van der Waals surface area (Å²) in [6.45, 7) is 1.88. The second-order valence-corrected chi connectivity index (χ2v) is 5.01. The van der Waals surface area contributed by atoms with Crippen LogP contribution in [0.2, 0.25) is 0 Å². The number of thiophene rings is 1. The molecule has 0 atom stereocenters. The van der Waals surface area contributed by atoms with Gasteiger partial charge in [0, 0.05) is 0 Å². The number of H-pyrrole nitrogens is 1. The van der Waals surface area contributed by atoms with Gasteiger partial charge in [0.15, 0.2) is 0 Å². The minimum absolute atomic E-state index is 0.0253. The average molecular weight is 279 g/mol. The maximum absolute atomic E-state index is 11.4. The fourth-order valence-corrected chi connectivity index (χ4v) is 2.79. The minimum Gasteiger partial charge on any atom is -0.478 e. The molecule has 0 amide bonds. The zero-order valence-corrected chi connectivity index (χ0v) is 11.1. The van der Waals surface area contributed by atoms with Crippen LogP contribution < -0.4 is 0 Å². The first-order valence-corrected chi connectivity index (χ1v) is 6.69. The van der Waals surface area contributed by atoms with Crippen LogP contribution in [-0.2, 0) is 6.42 Å². The maximum atomic E-state index is 11.4. The molecule has 0 fully saturated rings. The van der Waals surface area contributed by atoms with Crippen LogP contribution in [0.15, 0.2) is 17.5 Å². The second-order valence-electron chi connectivity index (χ2n) is 4.07. The molecule has 2 rings (SSSR count). The van der Waals surface area contributed by atoms with Gasteiger partial charge < -0.3 is 15.2 Å². The molecule has 0 saturated carbocycles. The van der Waals surface area contributed by atoms with Gasteiger partial charge in [-0.1, -0.05) is 19.4 Å². The highest BCUT2D eigenvalue weighted by atomic mass is 32.1. The molecule has 0 aliphatic rings. The third-order valence-electron chi connectivity index (χ3n) is 2.80. The van der Waals surface area contributed by atoms with E-state index in [4.69, 9.17) is 0 Å². The number of hydrogen-bond donors (Lipinski definition) is 3. The Bertz CT molecular complexity index is 613. The van der Waals surface area contributed by atoms with Crippen molar-refractivity contribution in [3.63, 3.8) is 0 Å². The van der Waals surface area contributed by atoms with E-state index >= 15 is 0 Å². The minimum atomic E-state index is -1.13. The van der Waals surface area contributed by atoms with Gasteiger partial charge in [-0.25, -0.2) is 9.59 Å². The molecule has 100 valence electrons. The molecule has 0 aliphatic heterocycles. The van der Waals surface area contributed by atoms with Crippen LogP contribution in [0, 0.1) is 0 Å². The maximum Gasteiger partial charge on any atom is 0.352 e. The van der Waals surface area contributed by atoms with Crippen molar-refractivity contribution in [3.05, 3.63) is 34.3 Å². The number of nitrogens with one attached hydrogen (secondary N) is 1. The molecule has 5 nitrogen and oxygen atoms in total. The van der Waals surface area contributed by atoms with E-state index in [1.807, 2.05) is 12.3 Å². The van der Waals surface area contributed by atoms with Gasteiger partial charge in [0.2, 0.25) is 0 Å². The highest BCUT2D eigenvalue weighted by Gasteiger charge is 2.26. The summed E-state index contributed by atoms with van der Waals surface area (Å²) in [4.78, 5) is 26.1. The Labute approximate surface area is 113 Å². The molecule has 2 heterocycles. The van der Waals surface area contributed by atoms with Gasteiger partial charge in [-0.05, 0) is 23.4 Å². The predicted octanol–water partition coefficient (Wildman–Crippen LogP) is 3.09. The Morgan fingerprint density at radius 3 is 2.53 bits per heavy atom. The summed E-state index contributed by atoms with van der Waals surface area (Å²) in [5.74, 6) is -2.23. The Balaban J connectivity index is 2.70. The molecule has 19 heavy (non-hydrogen) atoms. The molecule has 0 saturated heterocycles. The third kappa shape index (κ3) is 2.39. The van der Waals surface area contributed by atoms with E-state index < -0.39 is 11.9 Å². The van der Waals surface area contributed by atoms with Gasteiger partial charge in [-0.15, -0.1) is 11.3 Å². The van der Waals surface area contributed by atoms with Crippen molar-refractivity contribution in [1.82, 2.24) is 4.98 Å². The van der Waals surface area contributed by atoms with E-state index in [1.54, 1.807) is 12.1 Å². The topological polar surface area (TPSA) is 90.4 Å². The second kappa shape index (κ2) is 5.27. The Kier molecular flexibility index (Phi) is 3.71.